The Kier molecular flexibility index (Phi) is 5.35. The summed E-state index contributed by atoms with van der Waals surface area (Å²) >= 11 is 1.54. The van der Waals surface area contributed by atoms with E-state index in [0.717, 1.165) is 29.0 Å². The standard InChI is InChI=1S/C16H24N2OS/c1-11-8-9-15(14(17)10-11)20-12(2)16(19)18-13-6-4-3-5-7-13/h8-10,12-13H,3-7,17H2,1-2H3,(H,18,19). The third-order valence-corrected chi connectivity index (χ3v) is 4.98. The van der Waals surface area contributed by atoms with Crippen LogP contribution in [0.1, 0.15) is 44.6 Å². The molecule has 1 saturated carbocycles. The highest BCUT2D eigenvalue weighted by Crippen LogP contribution is 2.29. The van der Waals surface area contributed by atoms with Crippen molar-refractivity contribution in [2.75, 3.05) is 5.73 Å². The summed E-state index contributed by atoms with van der Waals surface area (Å²) in [6, 6.07) is 6.35. The second kappa shape index (κ2) is 7.02. The molecule has 1 aromatic rings. The van der Waals surface area contributed by atoms with Crippen LogP contribution in [0, 0.1) is 6.92 Å². The van der Waals surface area contributed by atoms with Gasteiger partial charge in [0.15, 0.2) is 0 Å². The SMILES string of the molecule is Cc1ccc(SC(C)C(=O)NC2CCCCC2)c(N)c1. The summed E-state index contributed by atoms with van der Waals surface area (Å²) in [7, 11) is 0. The number of carbonyl (C=O) groups excluding carboxylic acids is 1. The fraction of sp³-hybridized carbons (Fsp3) is 0.562. The molecule has 20 heavy (non-hydrogen) atoms. The van der Waals surface area contributed by atoms with Crippen LogP contribution in [-0.4, -0.2) is 17.2 Å². The number of carbonyl (C=O) groups is 1. The van der Waals surface area contributed by atoms with Crippen molar-refractivity contribution in [3.63, 3.8) is 0 Å². The Bertz CT molecular complexity index is 470. The van der Waals surface area contributed by atoms with Gasteiger partial charge in [-0.15, -0.1) is 11.8 Å². The first-order valence-corrected chi connectivity index (χ1v) is 8.27. The van der Waals surface area contributed by atoms with Crippen molar-refractivity contribution < 1.29 is 4.79 Å². The Balaban J connectivity index is 1.89. The number of hydrogen-bond acceptors (Lipinski definition) is 3. The van der Waals surface area contributed by atoms with Gasteiger partial charge in [0.05, 0.1) is 5.25 Å². The number of rotatable bonds is 4. The van der Waals surface area contributed by atoms with E-state index < -0.39 is 0 Å². The number of nitrogens with one attached hydrogen (secondary N) is 1. The molecule has 1 fully saturated rings. The molecule has 0 saturated heterocycles. The number of nitrogen functional groups attached to an aromatic ring is 1. The number of nitrogens with two attached hydrogens (primary N) is 1. The van der Waals surface area contributed by atoms with Crippen LogP contribution >= 0.6 is 11.8 Å². The number of thioether (sulfide) groups is 1. The van der Waals surface area contributed by atoms with E-state index in [1.165, 1.54) is 31.0 Å². The summed E-state index contributed by atoms with van der Waals surface area (Å²) in [6.45, 7) is 3.96. The molecular weight excluding hydrogens is 268 g/mol. The van der Waals surface area contributed by atoms with Crippen LogP contribution in [0.2, 0.25) is 0 Å². The van der Waals surface area contributed by atoms with E-state index in [2.05, 4.69) is 5.32 Å². The minimum atomic E-state index is -0.109. The fourth-order valence-corrected chi connectivity index (χ4v) is 3.48. The van der Waals surface area contributed by atoms with Crippen molar-refractivity contribution in [2.24, 2.45) is 0 Å². The Morgan fingerprint density at radius 1 is 1.35 bits per heavy atom. The van der Waals surface area contributed by atoms with Gasteiger partial charge in [0.25, 0.3) is 0 Å². The highest BCUT2D eigenvalue weighted by Gasteiger charge is 2.20. The average Bonchev–Trinajstić information content (AvgIpc) is 2.43. The molecule has 1 atom stereocenters. The third-order valence-electron chi connectivity index (χ3n) is 3.79. The Labute approximate surface area is 125 Å². The topological polar surface area (TPSA) is 55.1 Å². The molecule has 1 amide bonds. The molecule has 110 valence electrons. The van der Waals surface area contributed by atoms with E-state index in [1.807, 2.05) is 32.0 Å². The van der Waals surface area contributed by atoms with Gasteiger partial charge in [-0.05, 0) is 44.4 Å². The summed E-state index contributed by atoms with van der Waals surface area (Å²) in [5.41, 5.74) is 7.90. The predicted octanol–water partition coefficient (Wildman–Crippen LogP) is 3.51. The predicted molar refractivity (Wildman–Crippen MR) is 85.9 cm³/mol. The molecule has 1 unspecified atom stereocenters. The second-order valence-corrected chi connectivity index (χ2v) is 7.03. The summed E-state index contributed by atoms with van der Waals surface area (Å²) in [5.74, 6) is 0.127. The van der Waals surface area contributed by atoms with Crippen LogP contribution in [0.5, 0.6) is 0 Å². The lowest BCUT2D eigenvalue weighted by Crippen LogP contribution is -2.40. The van der Waals surface area contributed by atoms with E-state index in [9.17, 15) is 4.79 Å². The van der Waals surface area contributed by atoms with Gasteiger partial charge in [0, 0.05) is 16.6 Å². The first-order valence-electron chi connectivity index (χ1n) is 7.39. The largest absolute Gasteiger partial charge is 0.398 e. The minimum Gasteiger partial charge on any atom is -0.398 e. The zero-order valence-electron chi connectivity index (χ0n) is 12.3. The van der Waals surface area contributed by atoms with E-state index in [4.69, 9.17) is 5.73 Å². The van der Waals surface area contributed by atoms with Crippen molar-refractivity contribution in [3.05, 3.63) is 23.8 Å². The first kappa shape index (κ1) is 15.2. The maximum atomic E-state index is 12.2. The fourth-order valence-electron chi connectivity index (χ4n) is 2.58. The third kappa shape index (κ3) is 4.17. The van der Waals surface area contributed by atoms with Gasteiger partial charge in [-0.2, -0.15) is 0 Å². The molecule has 0 aromatic heterocycles. The van der Waals surface area contributed by atoms with Gasteiger partial charge < -0.3 is 11.1 Å². The number of hydrogen-bond donors (Lipinski definition) is 2. The van der Waals surface area contributed by atoms with Crippen molar-refractivity contribution >= 4 is 23.4 Å². The molecule has 3 N–H and O–H groups in total. The van der Waals surface area contributed by atoms with Crippen LogP contribution < -0.4 is 11.1 Å². The van der Waals surface area contributed by atoms with Crippen LogP contribution in [0.15, 0.2) is 23.1 Å². The van der Waals surface area contributed by atoms with Crippen LogP contribution in [0.25, 0.3) is 0 Å². The number of anilines is 1. The van der Waals surface area contributed by atoms with Crippen molar-refractivity contribution in [1.29, 1.82) is 0 Å². The molecule has 0 spiro atoms. The average molecular weight is 292 g/mol. The molecule has 0 bridgehead atoms. The molecule has 1 aliphatic carbocycles. The van der Waals surface area contributed by atoms with Gasteiger partial charge in [0.2, 0.25) is 5.91 Å². The zero-order chi connectivity index (χ0) is 14.5. The Hall–Kier alpha value is -1.16. The van der Waals surface area contributed by atoms with Gasteiger partial charge in [-0.3, -0.25) is 4.79 Å². The molecule has 4 heteroatoms. The number of amides is 1. The maximum Gasteiger partial charge on any atom is 0.233 e. The van der Waals surface area contributed by atoms with Crippen molar-refractivity contribution in [3.8, 4) is 0 Å². The first-order chi connectivity index (χ1) is 9.56. The molecule has 2 rings (SSSR count). The summed E-state index contributed by atoms with van der Waals surface area (Å²) in [4.78, 5) is 13.2. The van der Waals surface area contributed by atoms with Gasteiger partial charge in [-0.1, -0.05) is 25.3 Å². The molecule has 0 aliphatic heterocycles. The number of benzene rings is 1. The summed E-state index contributed by atoms with van der Waals surface area (Å²) < 4.78 is 0. The van der Waals surface area contributed by atoms with Gasteiger partial charge >= 0.3 is 0 Å². The highest BCUT2D eigenvalue weighted by molar-refractivity contribution is 8.00. The highest BCUT2D eigenvalue weighted by atomic mass is 32.2. The van der Waals surface area contributed by atoms with Gasteiger partial charge in [0.1, 0.15) is 0 Å². The monoisotopic (exact) mass is 292 g/mol. The molecule has 1 aromatic carbocycles. The van der Waals surface area contributed by atoms with Crippen molar-refractivity contribution in [1.82, 2.24) is 5.32 Å². The maximum absolute atomic E-state index is 12.2. The van der Waals surface area contributed by atoms with E-state index in [-0.39, 0.29) is 11.2 Å². The van der Waals surface area contributed by atoms with Crippen LogP contribution in [0.4, 0.5) is 5.69 Å². The second-order valence-electron chi connectivity index (χ2n) is 5.64. The van der Waals surface area contributed by atoms with Crippen molar-refractivity contribution in [2.45, 2.75) is 62.1 Å². The summed E-state index contributed by atoms with van der Waals surface area (Å²) in [5, 5.41) is 3.06. The quantitative estimate of drug-likeness (QED) is 0.659. The smallest absolute Gasteiger partial charge is 0.233 e. The van der Waals surface area contributed by atoms with Crippen LogP contribution in [-0.2, 0) is 4.79 Å². The van der Waals surface area contributed by atoms with E-state index in [1.54, 1.807) is 0 Å². The Morgan fingerprint density at radius 2 is 2.05 bits per heavy atom. The lowest BCUT2D eigenvalue weighted by atomic mass is 9.95. The minimum absolute atomic E-state index is 0.109. The number of aryl methyl sites for hydroxylation is 1. The molecule has 3 nitrogen and oxygen atoms in total. The zero-order valence-corrected chi connectivity index (χ0v) is 13.1. The summed E-state index contributed by atoms with van der Waals surface area (Å²) in [6.07, 6.45) is 6.01. The molecule has 0 heterocycles. The molecular formula is C16H24N2OS. The van der Waals surface area contributed by atoms with E-state index in [0.29, 0.717) is 6.04 Å². The van der Waals surface area contributed by atoms with Gasteiger partial charge in [-0.25, -0.2) is 0 Å². The molecule has 1 aliphatic rings. The normalized spacial score (nSPS) is 17.7. The molecule has 0 radical (unpaired) electrons. The Morgan fingerprint density at radius 3 is 2.70 bits per heavy atom. The van der Waals surface area contributed by atoms with E-state index >= 15 is 0 Å². The van der Waals surface area contributed by atoms with Crippen LogP contribution in [0.3, 0.4) is 0 Å². The lowest BCUT2D eigenvalue weighted by Gasteiger charge is -2.24. The lowest BCUT2D eigenvalue weighted by molar-refractivity contribution is -0.121.